The van der Waals surface area contributed by atoms with Crippen molar-refractivity contribution >= 4 is 29.3 Å². The number of fused-ring (bicyclic) bond motifs is 1. The summed E-state index contributed by atoms with van der Waals surface area (Å²) in [5, 5.41) is 14.7. The van der Waals surface area contributed by atoms with Gasteiger partial charge in [0.25, 0.3) is 5.91 Å². The number of rotatable bonds is 4. The van der Waals surface area contributed by atoms with E-state index in [-0.39, 0.29) is 17.2 Å². The molecule has 0 fully saturated rings. The van der Waals surface area contributed by atoms with Gasteiger partial charge in [0.1, 0.15) is 0 Å². The van der Waals surface area contributed by atoms with E-state index in [0.717, 1.165) is 17.7 Å². The Bertz CT molecular complexity index is 923. The van der Waals surface area contributed by atoms with Crippen molar-refractivity contribution in [3.8, 4) is 0 Å². The van der Waals surface area contributed by atoms with Gasteiger partial charge in [0.15, 0.2) is 0 Å². The quantitative estimate of drug-likeness (QED) is 0.773. The van der Waals surface area contributed by atoms with E-state index in [1.54, 1.807) is 30.0 Å². The average molecular weight is 367 g/mol. The van der Waals surface area contributed by atoms with Gasteiger partial charge in [0, 0.05) is 24.3 Å². The smallest absolute Gasteiger partial charge is 0.335 e. The number of carbonyl (C=O) groups is 3. The minimum Gasteiger partial charge on any atom is -0.478 e. The molecule has 7 nitrogen and oxygen atoms in total. The predicted molar refractivity (Wildman–Crippen MR) is 103 cm³/mol. The second-order valence-corrected chi connectivity index (χ2v) is 6.43. The first-order valence-electron chi connectivity index (χ1n) is 8.73. The molecule has 2 aromatic rings. The molecular weight excluding hydrogens is 346 g/mol. The van der Waals surface area contributed by atoms with Gasteiger partial charge in [-0.3, -0.25) is 9.69 Å². The second-order valence-electron chi connectivity index (χ2n) is 6.43. The van der Waals surface area contributed by atoms with Crippen LogP contribution in [0.15, 0.2) is 36.4 Å². The molecule has 3 N–H and O–H groups in total. The van der Waals surface area contributed by atoms with Gasteiger partial charge in [-0.15, -0.1) is 0 Å². The summed E-state index contributed by atoms with van der Waals surface area (Å²) in [6, 6.07) is 9.77. The molecule has 3 amide bonds. The highest BCUT2D eigenvalue weighted by atomic mass is 16.4. The number of nitrogens with zero attached hydrogens (tertiary/aromatic N) is 1. The Morgan fingerprint density at radius 1 is 1.11 bits per heavy atom. The lowest BCUT2D eigenvalue weighted by molar-refractivity contribution is 0.0696. The Morgan fingerprint density at radius 2 is 1.85 bits per heavy atom. The predicted octanol–water partition coefficient (Wildman–Crippen LogP) is 3.04. The third-order valence-electron chi connectivity index (χ3n) is 4.40. The number of aromatic carboxylic acids is 1. The van der Waals surface area contributed by atoms with Gasteiger partial charge >= 0.3 is 12.0 Å². The van der Waals surface area contributed by atoms with Crippen LogP contribution < -0.4 is 15.5 Å². The SMILES string of the molecule is CCNC(=O)N1CCc2ccc(NC(=O)c3cc(C)cc(C(=O)O)c3)cc21. The van der Waals surface area contributed by atoms with Crippen LogP contribution in [0.4, 0.5) is 16.2 Å². The normalized spacial score (nSPS) is 12.4. The number of anilines is 2. The van der Waals surface area contributed by atoms with Crippen molar-refractivity contribution in [3.05, 3.63) is 58.7 Å². The maximum absolute atomic E-state index is 12.6. The zero-order valence-electron chi connectivity index (χ0n) is 15.2. The van der Waals surface area contributed by atoms with Crippen molar-refractivity contribution in [2.75, 3.05) is 23.3 Å². The summed E-state index contributed by atoms with van der Waals surface area (Å²) < 4.78 is 0. The molecule has 0 atom stereocenters. The van der Waals surface area contributed by atoms with Crippen LogP contribution in [-0.2, 0) is 6.42 Å². The first kappa shape index (κ1) is 18.4. The number of hydrogen-bond acceptors (Lipinski definition) is 3. The molecule has 0 radical (unpaired) electrons. The Labute approximate surface area is 157 Å². The van der Waals surface area contributed by atoms with Crippen molar-refractivity contribution < 1.29 is 19.5 Å². The number of carboxylic acid groups (broad SMARTS) is 1. The molecule has 140 valence electrons. The van der Waals surface area contributed by atoms with Crippen LogP contribution in [0.1, 0.15) is 38.8 Å². The molecule has 0 aliphatic carbocycles. The summed E-state index contributed by atoms with van der Waals surface area (Å²) in [6.07, 6.45) is 0.764. The molecule has 2 aromatic carbocycles. The summed E-state index contributed by atoms with van der Waals surface area (Å²) in [7, 11) is 0. The van der Waals surface area contributed by atoms with E-state index in [9.17, 15) is 14.4 Å². The highest BCUT2D eigenvalue weighted by Crippen LogP contribution is 2.31. The fraction of sp³-hybridized carbons (Fsp3) is 0.250. The molecule has 0 bridgehead atoms. The molecule has 27 heavy (non-hydrogen) atoms. The fourth-order valence-corrected chi connectivity index (χ4v) is 3.16. The maximum atomic E-state index is 12.6. The third kappa shape index (κ3) is 3.92. The fourth-order valence-electron chi connectivity index (χ4n) is 3.16. The van der Waals surface area contributed by atoms with Gasteiger partial charge in [0.2, 0.25) is 0 Å². The van der Waals surface area contributed by atoms with Gasteiger partial charge in [-0.05, 0) is 61.7 Å². The molecule has 1 aliphatic heterocycles. The minimum absolute atomic E-state index is 0.0662. The van der Waals surface area contributed by atoms with E-state index in [1.807, 2.05) is 13.0 Å². The Balaban J connectivity index is 1.83. The molecule has 0 spiro atoms. The number of carbonyl (C=O) groups excluding carboxylic acids is 2. The van der Waals surface area contributed by atoms with Crippen molar-refractivity contribution in [1.29, 1.82) is 0 Å². The molecular formula is C20H21N3O4. The summed E-state index contributed by atoms with van der Waals surface area (Å²) in [6.45, 7) is 4.74. The van der Waals surface area contributed by atoms with E-state index < -0.39 is 11.9 Å². The van der Waals surface area contributed by atoms with E-state index in [0.29, 0.717) is 24.3 Å². The van der Waals surface area contributed by atoms with Crippen LogP contribution in [0.25, 0.3) is 0 Å². The van der Waals surface area contributed by atoms with Crippen LogP contribution in [0.5, 0.6) is 0 Å². The van der Waals surface area contributed by atoms with Crippen molar-refractivity contribution in [3.63, 3.8) is 0 Å². The zero-order chi connectivity index (χ0) is 19.6. The van der Waals surface area contributed by atoms with Crippen molar-refractivity contribution in [2.45, 2.75) is 20.3 Å². The van der Waals surface area contributed by atoms with Gasteiger partial charge in [-0.1, -0.05) is 6.07 Å². The molecule has 7 heteroatoms. The lowest BCUT2D eigenvalue weighted by Gasteiger charge is -2.18. The van der Waals surface area contributed by atoms with Crippen LogP contribution in [-0.4, -0.2) is 36.1 Å². The lowest BCUT2D eigenvalue weighted by Crippen LogP contribution is -2.38. The standard InChI is InChI=1S/C20H21N3O4/c1-3-21-20(27)23-7-6-13-4-5-16(11-17(13)23)22-18(24)14-8-12(2)9-15(10-14)19(25)26/h4-5,8-11H,3,6-7H2,1-2H3,(H,21,27)(H,22,24)(H,25,26). The Hall–Kier alpha value is -3.35. The highest BCUT2D eigenvalue weighted by Gasteiger charge is 2.24. The van der Waals surface area contributed by atoms with Gasteiger partial charge < -0.3 is 15.7 Å². The van der Waals surface area contributed by atoms with Crippen molar-refractivity contribution in [1.82, 2.24) is 5.32 Å². The molecule has 0 unspecified atom stereocenters. The number of benzene rings is 2. The minimum atomic E-state index is -1.08. The van der Waals surface area contributed by atoms with E-state index in [2.05, 4.69) is 10.6 Å². The first-order valence-corrected chi connectivity index (χ1v) is 8.73. The summed E-state index contributed by atoms with van der Waals surface area (Å²) >= 11 is 0. The molecule has 0 saturated carbocycles. The highest BCUT2D eigenvalue weighted by molar-refractivity contribution is 6.06. The first-order chi connectivity index (χ1) is 12.9. The lowest BCUT2D eigenvalue weighted by atomic mass is 10.1. The maximum Gasteiger partial charge on any atom is 0.335 e. The largest absolute Gasteiger partial charge is 0.478 e. The number of hydrogen-bond donors (Lipinski definition) is 3. The molecule has 3 rings (SSSR count). The van der Waals surface area contributed by atoms with Crippen LogP contribution >= 0.6 is 0 Å². The van der Waals surface area contributed by atoms with Crippen LogP contribution in [0.3, 0.4) is 0 Å². The number of urea groups is 1. The van der Waals surface area contributed by atoms with E-state index in [1.165, 1.54) is 12.1 Å². The monoisotopic (exact) mass is 367 g/mol. The number of carboxylic acids is 1. The molecule has 1 heterocycles. The second kappa shape index (κ2) is 7.49. The van der Waals surface area contributed by atoms with Gasteiger partial charge in [-0.25, -0.2) is 9.59 Å². The zero-order valence-corrected chi connectivity index (χ0v) is 15.2. The van der Waals surface area contributed by atoms with Crippen LogP contribution in [0, 0.1) is 6.92 Å². The Morgan fingerprint density at radius 3 is 2.56 bits per heavy atom. The molecule has 0 saturated heterocycles. The van der Waals surface area contributed by atoms with Gasteiger partial charge in [0.05, 0.1) is 11.3 Å². The van der Waals surface area contributed by atoms with E-state index >= 15 is 0 Å². The average Bonchev–Trinajstić information content (AvgIpc) is 3.04. The number of nitrogens with one attached hydrogen (secondary N) is 2. The molecule has 1 aliphatic rings. The third-order valence-corrected chi connectivity index (χ3v) is 4.40. The number of aryl methyl sites for hydroxylation is 1. The summed E-state index contributed by atoms with van der Waals surface area (Å²) in [4.78, 5) is 37.6. The summed E-state index contributed by atoms with van der Waals surface area (Å²) in [5.74, 6) is -1.48. The Kier molecular flexibility index (Phi) is 5.12. The van der Waals surface area contributed by atoms with Crippen molar-refractivity contribution in [2.24, 2.45) is 0 Å². The number of amides is 3. The van der Waals surface area contributed by atoms with Gasteiger partial charge in [-0.2, -0.15) is 0 Å². The topological polar surface area (TPSA) is 98.7 Å². The molecule has 0 aromatic heterocycles. The summed E-state index contributed by atoms with van der Waals surface area (Å²) in [5.41, 5.74) is 3.40. The van der Waals surface area contributed by atoms with Crippen LogP contribution in [0.2, 0.25) is 0 Å². The van der Waals surface area contributed by atoms with E-state index in [4.69, 9.17) is 5.11 Å².